The third-order valence-electron chi connectivity index (χ3n) is 1.03. The van der Waals surface area contributed by atoms with Crippen LogP contribution in [0.2, 0.25) is 19.6 Å². The summed E-state index contributed by atoms with van der Waals surface area (Å²) in [7, 11) is -1.30. The van der Waals surface area contributed by atoms with E-state index < -0.39 is 8.07 Å². The van der Waals surface area contributed by atoms with Crippen LogP contribution in [0.15, 0.2) is 10.9 Å². The highest BCUT2D eigenvalue weighted by Gasteiger charge is 2.21. The van der Waals surface area contributed by atoms with E-state index in [1.807, 2.05) is 0 Å². The van der Waals surface area contributed by atoms with Crippen LogP contribution >= 0.6 is 0 Å². The topological polar surface area (TPSA) is 38.9 Å². The van der Waals surface area contributed by atoms with E-state index in [4.69, 9.17) is 0 Å². The molecular weight excluding hydrogens is 132 g/mol. The van der Waals surface area contributed by atoms with Crippen LogP contribution in [0.3, 0.4) is 0 Å². The Morgan fingerprint density at radius 2 is 2.11 bits per heavy atom. The average molecular weight is 142 g/mol. The van der Waals surface area contributed by atoms with Crippen LogP contribution in [0.5, 0.6) is 0 Å². The zero-order valence-corrected chi connectivity index (χ0v) is 6.88. The molecular formula is C5H10N2OSi. The van der Waals surface area contributed by atoms with Gasteiger partial charge < -0.3 is 4.52 Å². The predicted molar refractivity (Wildman–Crippen MR) is 37.3 cm³/mol. The molecule has 0 aromatic carbocycles. The van der Waals surface area contributed by atoms with Gasteiger partial charge in [-0.2, -0.15) is 0 Å². The zero-order chi connectivity index (χ0) is 6.91. The van der Waals surface area contributed by atoms with Crippen LogP contribution in [0.1, 0.15) is 0 Å². The Morgan fingerprint density at radius 1 is 1.44 bits per heavy atom. The van der Waals surface area contributed by atoms with Gasteiger partial charge in [-0.3, -0.25) is 0 Å². The number of hydrogen-bond acceptors (Lipinski definition) is 3. The first-order chi connectivity index (χ1) is 4.11. The predicted octanol–water partition coefficient (Wildman–Crippen LogP) is 0.615. The molecule has 0 fully saturated rings. The van der Waals surface area contributed by atoms with Crippen molar-refractivity contribution in [1.82, 2.24) is 10.1 Å². The summed E-state index contributed by atoms with van der Waals surface area (Å²) >= 11 is 0. The van der Waals surface area contributed by atoms with Gasteiger partial charge in [0, 0.05) is 0 Å². The highest BCUT2D eigenvalue weighted by Crippen LogP contribution is 1.95. The quantitative estimate of drug-likeness (QED) is 0.539. The van der Waals surface area contributed by atoms with E-state index in [0.29, 0.717) is 0 Å². The lowest BCUT2D eigenvalue weighted by atomic mass is 11.3. The molecule has 0 aliphatic carbocycles. The molecule has 1 rings (SSSR count). The molecule has 1 aromatic rings. The fraction of sp³-hybridized carbons (Fsp3) is 0.600. The highest BCUT2D eigenvalue weighted by molar-refractivity contribution is 6.87. The van der Waals surface area contributed by atoms with Crippen LogP contribution in [0, 0.1) is 0 Å². The van der Waals surface area contributed by atoms with Gasteiger partial charge in [0.05, 0.1) is 0 Å². The summed E-state index contributed by atoms with van der Waals surface area (Å²) in [5, 5.41) is 3.76. The van der Waals surface area contributed by atoms with Gasteiger partial charge >= 0.3 is 0 Å². The van der Waals surface area contributed by atoms with E-state index in [-0.39, 0.29) is 0 Å². The summed E-state index contributed by atoms with van der Waals surface area (Å²) < 4.78 is 4.61. The van der Waals surface area contributed by atoms with Gasteiger partial charge in [0.15, 0.2) is 0 Å². The molecule has 4 heteroatoms. The molecule has 0 saturated carbocycles. The van der Waals surface area contributed by atoms with Crippen molar-refractivity contribution in [2.24, 2.45) is 0 Å². The summed E-state index contributed by atoms with van der Waals surface area (Å²) in [5.74, 6) is 0. The number of aromatic nitrogens is 2. The lowest BCUT2D eigenvalue weighted by molar-refractivity contribution is 0.420. The molecule has 50 valence electrons. The maximum Gasteiger partial charge on any atom is 0.213 e. The third kappa shape index (κ3) is 1.38. The fourth-order valence-corrected chi connectivity index (χ4v) is 1.27. The largest absolute Gasteiger partial charge is 0.343 e. The van der Waals surface area contributed by atoms with E-state index in [0.717, 1.165) is 5.45 Å². The smallest absolute Gasteiger partial charge is 0.213 e. The Balaban J connectivity index is 2.90. The van der Waals surface area contributed by atoms with Crippen LogP contribution in [-0.2, 0) is 0 Å². The Labute approximate surface area is 55.1 Å². The molecule has 0 amide bonds. The monoisotopic (exact) mass is 142 g/mol. The van der Waals surface area contributed by atoms with Gasteiger partial charge in [0.1, 0.15) is 13.5 Å². The standard InChI is InChI=1S/C5H10N2OSi/c1-9(2,3)5-6-4-8-7-5/h4H,1-3H3. The number of rotatable bonds is 1. The van der Waals surface area contributed by atoms with Gasteiger partial charge in [0.25, 0.3) is 0 Å². The molecule has 0 radical (unpaired) electrons. The van der Waals surface area contributed by atoms with Crippen molar-refractivity contribution in [3.63, 3.8) is 0 Å². The third-order valence-corrected chi connectivity index (χ3v) is 2.59. The molecule has 1 heterocycles. The van der Waals surface area contributed by atoms with Crippen molar-refractivity contribution in [3.05, 3.63) is 6.39 Å². The summed E-state index contributed by atoms with van der Waals surface area (Å²) in [4.78, 5) is 3.97. The minimum Gasteiger partial charge on any atom is -0.343 e. The second-order valence-corrected chi connectivity index (χ2v) is 7.95. The Bertz CT molecular complexity index is 177. The number of hydrogen-bond donors (Lipinski definition) is 0. The first-order valence-electron chi connectivity index (χ1n) is 2.87. The van der Waals surface area contributed by atoms with E-state index in [9.17, 15) is 0 Å². The van der Waals surface area contributed by atoms with Crippen molar-refractivity contribution in [2.45, 2.75) is 19.6 Å². The molecule has 0 bridgehead atoms. The number of nitrogens with zero attached hydrogens (tertiary/aromatic N) is 2. The van der Waals surface area contributed by atoms with Gasteiger partial charge in [-0.15, -0.1) is 0 Å². The first kappa shape index (κ1) is 6.48. The van der Waals surface area contributed by atoms with Crippen molar-refractivity contribution in [2.75, 3.05) is 0 Å². The molecule has 0 N–H and O–H groups in total. The average Bonchev–Trinajstić information content (AvgIpc) is 2.08. The summed E-state index contributed by atoms with van der Waals surface area (Å²) in [6.07, 6.45) is 1.38. The molecule has 0 aliphatic heterocycles. The van der Waals surface area contributed by atoms with E-state index in [2.05, 4.69) is 34.3 Å². The Kier molecular flexibility index (Phi) is 1.40. The molecule has 0 spiro atoms. The van der Waals surface area contributed by atoms with Gasteiger partial charge in [-0.1, -0.05) is 24.8 Å². The van der Waals surface area contributed by atoms with Crippen LogP contribution < -0.4 is 5.45 Å². The highest BCUT2D eigenvalue weighted by atomic mass is 28.3. The molecule has 9 heavy (non-hydrogen) atoms. The SMILES string of the molecule is C[Si](C)(C)c1ncon1. The van der Waals surface area contributed by atoms with Crippen molar-refractivity contribution in [3.8, 4) is 0 Å². The van der Waals surface area contributed by atoms with Crippen LogP contribution in [0.4, 0.5) is 0 Å². The van der Waals surface area contributed by atoms with E-state index in [1.165, 1.54) is 6.39 Å². The van der Waals surface area contributed by atoms with E-state index >= 15 is 0 Å². The second kappa shape index (κ2) is 1.95. The minimum atomic E-state index is -1.30. The molecule has 0 atom stereocenters. The normalized spacial score (nSPS) is 11.9. The lowest BCUT2D eigenvalue weighted by Gasteiger charge is -2.07. The molecule has 1 aromatic heterocycles. The molecule has 0 saturated heterocycles. The van der Waals surface area contributed by atoms with Gasteiger partial charge in [-0.25, -0.2) is 4.98 Å². The zero-order valence-electron chi connectivity index (χ0n) is 5.88. The van der Waals surface area contributed by atoms with Crippen molar-refractivity contribution < 1.29 is 4.52 Å². The van der Waals surface area contributed by atoms with Crippen LogP contribution in [-0.4, -0.2) is 18.2 Å². The molecule has 0 unspecified atom stereocenters. The minimum absolute atomic E-state index is 0.891. The van der Waals surface area contributed by atoms with Gasteiger partial charge in [0.2, 0.25) is 6.39 Å². The van der Waals surface area contributed by atoms with Gasteiger partial charge in [-0.05, 0) is 0 Å². The maximum absolute atomic E-state index is 4.61. The molecule has 3 nitrogen and oxygen atoms in total. The summed E-state index contributed by atoms with van der Waals surface area (Å²) in [6.45, 7) is 6.54. The Morgan fingerprint density at radius 3 is 2.33 bits per heavy atom. The second-order valence-electron chi connectivity index (χ2n) is 3.00. The van der Waals surface area contributed by atoms with E-state index in [1.54, 1.807) is 0 Å². The van der Waals surface area contributed by atoms with Crippen molar-refractivity contribution in [1.29, 1.82) is 0 Å². The fourth-order valence-electron chi connectivity index (χ4n) is 0.501. The molecule has 0 aliphatic rings. The lowest BCUT2D eigenvalue weighted by Crippen LogP contribution is -2.40. The summed E-state index contributed by atoms with van der Waals surface area (Å²) in [6, 6.07) is 0. The van der Waals surface area contributed by atoms with Crippen molar-refractivity contribution >= 4 is 13.5 Å². The maximum atomic E-state index is 4.61. The van der Waals surface area contributed by atoms with Crippen LogP contribution in [0.25, 0.3) is 0 Å². The Hall–Kier alpha value is -0.643. The summed E-state index contributed by atoms with van der Waals surface area (Å²) in [5.41, 5.74) is 0.891. The first-order valence-corrected chi connectivity index (χ1v) is 6.37.